The Morgan fingerprint density at radius 1 is 1.42 bits per heavy atom. The van der Waals surface area contributed by atoms with Crippen LogP contribution in [-0.4, -0.2) is 17.3 Å². The van der Waals surface area contributed by atoms with Gasteiger partial charge < -0.3 is 14.9 Å². The molecule has 0 unspecified atom stereocenters. The number of rotatable bonds is 2. The number of ether oxygens (including phenoxy) is 1. The summed E-state index contributed by atoms with van der Waals surface area (Å²) in [5, 5.41) is 19.0. The van der Waals surface area contributed by atoms with E-state index >= 15 is 0 Å². The van der Waals surface area contributed by atoms with E-state index in [1.807, 2.05) is 0 Å². The van der Waals surface area contributed by atoms with Gasteiger partial charge in [-0.2, -0.15) is 0 Å². The van der Waals surface area contributed by atoms with Gasteiger partial charge in [0.15, 0.2) is 11.5 Å². The summed E-state index contributed by atoms with van der Waals surface area (Å²) >= 11 is 3.24. The molecule has 0 aliphatic heterocycles. The van der Waals surface area contributed by atoms with Crippen LogP contribution < -0.4 is 4.74 Å². The van der Waals surface area contributed by atoms with Gasteiger partial charge in [-0.15, -0.1) is 0 Å². The molecule has 0 fully saturated rings. The fourth-order valence-electron chi connectivity index (χ4n) is 0.936. The lowest BCUT2D eigenvalue weighted by Crippen LogP contribution is -1.89. The maximum absolute atomic E-state index is 9.31. The number of hydrogen-bond acceptors (Lipinski definition) is 3. The zero-order chi connectivity index (χ0) is 9.14. The van der Waals surface area contributed by atoms with Crippen molar-refractivity contribution in [3.63, 3.8) is 0 Å². The summed E-state index contributed by atoms with van der Waals surface area (Å²) in [6.07, 6.45) is 0. The number of phenolic OH excluding ortho intramolecular Hbond substituents is 2. The number of hydrogen-bond donors (Lipinski definition) is 2. The number of phenols is 2. The summed E-state index contributed by atoms with van der Waals surface area (Å²) in [7, 11) is 1.45. The molecule has 12 heavy (non-hydrogen) atoms. The molecule has 1 aromatic rings. The van der Waals surface area contributed by atoms with Crippen LogP contribution in [0.3, 0.4) is 0 Å². The molecule has 0 aromatic heterocycles. The van der Waals surface area contributed by atoms with Crippen molar-refractivity contribution in [2.45, 2.75) is 5.33 Å². The maximum atomic E-state index is 9.31. The van der Waals surface area contributed by atoms with Crippen LogP contribution in [0, 0.1) is 0 Å². The molecule has 2 N–H and O–H groups in total. The van der Waals surface area contributed by atoms with Crippen molar-refractivity contribution >= 4 is 15.9 Å². The van der Waals surface area contributed by atoms with Crippen molar-refractivity contribution < 1.29 is 14.9 Å². The summed E-state index contributed by atoms with van der Waals surface area (Å²) in [5.74, 6) is -0.0714. The van der Waals surface area contributed by atoms with Crippen LogP contribution in [0.2, 0.25) is 0 Å². The molecule has 0 atom stereocenters. The molecular weight excluding hydrogens is 224 g/mol. The van der Waals surface area contributed by atoms with Crippen LogP contribution in [0.15, 0.2) is 12.1 Å². The second-order valence-corrected chi connectivity index (χ2v) is 2.82. The highest BCUT2D eigenvalue weighted by Gasteiger charge is 2.10. The molecule has 0 saturated carbocycles. The number of aromatic hydroxyl groups is 2. The lowest BCUT2D eigenvalue weighted by atomic mass is 10.2. The van der Waals surface area contributed by atoms with Gasteiger partial charge in [-0.1, -0.05) is 22.0 Å². The smallest absolute Gasteiger partial charge is 0.200 e. The Morgan fingerprint density at radius 2 is 2.08 bits per heavy atom. The van der Waals surface area contributed by atoms with Crippen LogP contribution in [0.25, 0.3) is 0 Å². The minimum absolute atomic E-state index is 0.170. The summed E-state index contributed by atoms with van der Waals surface area (Å²) < 4.78 is 4.91. The van der Waals surface area contributed by atoms with E-state index in [4.69, 9.17) is 9.84 Å². The van der Waals surface area contributed by atoms with Crippen molar-refractivity contribution in [3.05, 3.63) is 17.7 Å². The maximum Gasteiger partial charge on any atom is 0.200 e. The second-order valence-electron chi connectivity index (χ2n) is 2.26. The average Bonchev–Trinajstić information content (AvgIpc) is 2.09. The highest BCUT2D eigenvalue weighted by Crippen LogP contribution is 2.38. The molecule has 0 bridgehead atoms. The molecule has 0 aliphatic rings. The zero-order valence-electron chi connectivity index (χ0n) is 6.54. The molecule has 1 rings (SSSR count). The van der Waals surface area contributed by atoms with E-state index in [9.17, 15) is 5.11 Å². The van der Waals surface area contributed by atoms with Gasteiger partial charge in [0, 0.05) is 10.9 Å². The Labute approximate surface area is 78.7 Å². The van der Waals surface area contributed by atoms with E-state index in [2.05, 4.69) is 15.9 Å². The fourth-order valence-corrected chi connectivity index (χ4v) is 1.38. The van der Waals surface area contributed by atoms with Gasteiger partial charge in [-0.25, -0.2) is 0 Å². The van der Waals surface area contributed by atoms with Gasteiger partial charge in [-0.3, -0.25) is 0 Å². The first-order chi connectivity index (χ1) is 5.70. The van der Waals surface area contributed by atoms with Gasteiger partial charge in [0.2, 0.25) is 5.75 Å². The minimum atomic E-state index is -0.213. The zero-order valence-corrected chi connectivity index (χ0v) is 8.13. The molecule has 66 valence electrons. The van der Waals surface area contributed by atoms with E-state index < -0.39 is 0 Å². The van der Waals surface area contributed by atoms with Crippen molar-refractivity contribution in [1.82, 2.24) is 0 Å². The van der Waals surface area contributed by atoms with Gasteiger partial charge in [-0.05, 0) is 6.07 Å². The normalized spacial score (nSPS) is 9.83. The average molecular weight is 233 g/mol. The first-order valence-corrected chi connectivity index (χ1v) is 4.46. The highest BCUT2D eigenvalue weighted by molar-refractivity contribution is 9.08. The molecule has 0 aliphatic carbocycles. The van der Waals surface area contributed by atoms with Gasteiger partial charge in [0.25, 0.3) is 0 Å². The molecule has 4 heteroatoms. The predicted molar refractivity (Wildman–Crippen MR) is 49.0 cm³/mol. The predicted octanol–water partition coefficient (Wildman–Crippen LogP) is 2.00. The van der Waals surface area contributed by atoms with E-state index in [0.29, 0.717) is 11.1 Å². The SMILES string of the molecule is COc1c(CBr)ccc(O)c1O. The largest absolute Gasteiger partial charge is 0.504 e. The molecule has 1 aromatic carbocycles. The Balaban J connectivity index is 3.25. The lowest BCUT2D eigenvalue weighted by Gasteiger charge is -2.08. The first kappa shape index (κ1) is 9.19. The van der Waals surface area contributed by atoms with Crippen molar-refractivity contribution in [2.24, 2.45) is 0 Å². The molecule has 3 nitrogen and oxygen atoms in total. The summed E-state index contributed by atoms with van der Waals surface area (Å²) in [6.45, 7) is 0. The Bertz CT molecular complexity index is 286. The molecule has 0 saturated heterocycles. The topological polar surface area (TPSA) is 49.7 Å². The van der Waals surface area contributed by atoms with Gasteiger partial charge >= 0.3 is 0 Å². The number of alkyl halides is 1. The summed E-state index contributed by atoms with van der Waals surface area (Å²) in [6, 6.07) is 3.11. The van der Waals surface area contributed by atoms with Gasteiger partial charge in [0.1, 0.15) is 0 Å². The van der Waals surface area contributed by atoms with Gasteiger partial charge in [0.05, 0.1) is 7.11 Å². The summed E-state index contributed by atoms with van der Waals surface area (Å²) in [5.41, 5.74) is 0.799. The molecule has 0 radical (unpaired) electrons. The van der Waals surface area contributed by atoms with E-state index in [-0.39, 0.29) is 11.5 Å². The van der Waals surface area contributed by atoms with Crippen LogP contribution >= 0.6 is 15.9 Å². The number of benzene rings is 1. The number of halogens is 1. The van der Waals surface area contributed by atoms with Crippen LogP contribution in [0.1, 0.15) is 5.56 Å². The van der Waals surface area contributed by atoms with Crippen molar-refractivity contribution in [1.29, 1.82) is 0 Å². The Hall–Kier alpha value is -0.900. The molecule has 0 heterocycles. The Kier molecular flexibility index (Phi) is 2.81. The number of methoxy groups -OCH3 is 1. The Morgan fingerprint density at radius 3 is 2.58 bits per heavy atom. The van der Waals surface area contributed by atoms with Crippen molar-refractivity contribution in [3.8, 4) is 17.2 Å². The van der Waals surface area contributed by atoms with E-state index in [0.717, 1.165) is 5.56 Å². The standard InChI is InChI=1S/C8H9BrO3/c1-12-8-5(4-9)2-3-6(10)7(8)11/h2-3,10-11H,4H2,1H3. The molecule has 0 spiro atoms. The second kappa shape index (κ2) is 3.67. The summed E-state index contributed by atoms with van der Waals surface area (Å²) in [4.78, 5) is 0. The fraction of sp³-hybridized carbons (Fsp3) is 0.250. The highest BCUT2D eigenvalue weighted by atomic mass is 79.9. The van der Waals surface area contributed by atoms with Crippen molar-refractivity contribution in [2.75, 3.05) is 7.11 Å². The van der Waals surface area contributed by atoms with Crippen LogP contribution in [-0.2, 0) is 5.33 Å². The van der Waals surface area contributed by atoms with E-state index in [1.54, 1.807) is 6.07 Å². The third-order valence-electron chi connectivity index (χ3n) is 1.54. The van der Waals surface area contributed by atoms with E-state index in [1.165, 1.54) is 13.2 Å². The third kappa shape index (κ3) is 1.48. The quantitative estimate of drug-likeness (QED) is 0.606. The third-order valence-corrected chi connectivity index (χ3v) is 2.14. The minimum Gasteiger partial charge on any atom is -0.504 e. The first-order valence-electron chi connectivity index (χ1n) is 3.34. The monoisotopic (exact) mass is 232 g/mol. The lowest BCUT2D eigenvalue weighted by molar-refractivity contribution is 0.349. The van der Waals surface area contributed by atoms with Crippen LogP contribution in [0.4, 0.5) is 0 Å². The molecular formula is C8H9BrO3. The van der Waals surface area contributed by atoms with Crippen LogP contribution in [0.5, 0.6) is 17.2 Å². The molecule has 0 amide bonds.